The second-order valence-corrected chi connectivity index (χ2v) is 7.24. The molecular weight excluding hydrogens is 392 g/mol. The van der Waals surface area contributed by atoms with Crippen molar-refractivity contribution in [1.82, 2.24) is 0 Å². The summed E-state index contributed by atoms with van der Waals surface area (Å²) in [6, 6.07) is 7.75. The molecule has 0 unspecified atom stereocenters. The molecule has 0 bridgehead atoms. The number of carbonyl (C=O) groups is 2. The fraction of sp³-hybridized carbons (Fsp3) is 0.273. The van der Waals surface area contributed by atoms with Crippen molar-refractivity contribution in [3.05, 3.63) is 47.2 Å². The summed E-state index contributed by atoms with van der Waals surface area (Å²) in [4.78, 5) is 25.2. The van der Waals surface area contributed by atoms with E-state index in [-0.39, 0.29) is 35.0 Å². The molecule has 2 aliphatic rings. The summed E-state index contributed by atoms with van der Waals surface area (Å²) in [5.74, 6) is 0.736. The van der Waals surface area contributed by atoms with E-state index < -0.39 is 17.5 Å². The van der Waals surface area contributed by atoms with Crippen LogP contribution < -0.4 is 18.9 Å². The molecular formula is C22H18O8. The number of ether oxygens (including phenoxy) is 4. The largest absolute Gasteiger partial charge is 0.493 e. The standard InChI is InChI=1S/C22H18O8/c1-10(23)15-6-12-14(29-15)5-4-11-20(12)30-19-9-28-16-8-18(27-3)17(26-2)7-13(16)22(19,25)21(11)24/h4-8,19,25H,9H2,1-3H3/t19-,22-/m1/s1. The molecule has 8 heteroatoms. The number of rotatable bonds is 3. The molecule has 3 aromatic rings. The van der Waals surface area contributed by atoms with Gasteiger partial charge in [-0.2, -0.15) is 0 Å². The van der Waals surface area contributed by atoms with Crippen LogP contribution in [0.15, 0.2) is 34.7 Å². The predicted molar refractivity (Wildman–Crippen MR) is 104 cm³/mol. The lowest BCUT2D eigenvalue weighted by Gasteiger charge is -2.43. The number of furan rings is 1. The zero-order chi connectivity index (χ0) is 21.2. The van der Waals surface area contributed by atoms with Gasteiger partial charge < -0.3 is 28.5 Å². The number of methoxy groups -OCH3 is 2. The third-order valence-electron chi connectivity index (χ3n) is 5.60. The van der Waals surface area contributed by atoms with Gasteiger partial charge in [0.05, 0.1) is 25.2 Å². The first kappa shape index (κ1) is 18.5. The summed E-state index contributed by atoms with van der Waals surface area (Å²) in [5.41, 5.74) is -1.12. The van der Waals surface area contributed by atoms with Crippen LogP contribution in [0.2, 0.25) is 0 Å². The third-order valence-corrected chi connectivity index (χ3v) is 5.60. The Morgan fingerprint density at radius 3 is 2.60 bits per heavy atom. The number of carbonyl (C=O) groups excluding carboxylic acids is 2. The van der Waals surface area contributed by atoms with Gasteiger partial charge in [-0.05, 0) is 24.3 Å². The van der Waals surface area contributed by atoms with E-state index in [0.29, 0.717) is 28.2 Å². The van der Waals surface area contributed by atoms with Gasteiger partial charge in [0.25, 0.3) is 0 Å². The molecule has 2 aliphatic heterocycles. The molecule has 5 rings (SSSR count). The average molecular weight is 410 g/mol. The first-order valence-corrected chi connectivity index (χ1v) is 9.29. The van der Waals surface area contributed by atoms with Gasteiger partial charge in [-0.3, -0.25) is 9.59 Å². The molecule has 8 nitrogen and oxygen atoms in total. The maximum absolute atomic E-state index is 13.5. The molecule has 2 atom stereocenters. The van der Waals surface area contributed by atoms with Gasteiger partial charge in [-0.25, -0.2) is 0 Å². The summed E-state index contributed by atoms with van der Waals surface area (Å²) < 4.78 is 28.0. The van der Waals surface area contributed by atoms with E-state index in [1.54, 1.807) is 18.2 Å². The number of aliphatic hydroxyl groups is 1. The van der Waals surface area contributed by atoms with E-state index in [1.165, 1.54) is 33.3 Å². The fourth-order valence-electron chi connectivity index (χ4n) is 4.04. The van der Waals surface area contributed by atoms with Crippen LogP contribution in [0.3, 0.4) is 0 Å². The molecule has 0 spiro atoms. The van der Waals surface area contributed by atoms with Gasteiger partial charge in [-0.1, -0.05) is 0 Å². The Bertz CT molecular complexity index is 1220. The van der Waals surface area contributed by atoms with E-state index in [1.807, 2.05) is 0 Å². The van der Waals surface area contributed by atoms with Crippen LogP contribution in [0.1, 0.15) is 33.4 Å². The van der Waals surface area contributed by atoms with E-state index >= 15 is 0 Å². The van der Waals surface area contributed by atoms with Crippen LogP contribution in [-0.2, 0) is 5.60 Å². The van der Waals surface area contributed by atoms with Crippen molar-refractivity contribution < 1.29 is 38.1 Å². The molecule has 30 heavy (non-hydrogen) atoms. The van der Waals surface area contributed by atoms with Gasteiger partial charge in [0.2, 0.25) is 5.78 Å². The molecule has 0 saturated heterocycles. The molecule has 2 aromatic carbocycles. The first-order valence-electron chi connectivity index (χ1n) is 9.29. The Balaban J connectivity index is 1.70. The van der Waals surface area contributed by atoms with Crippen molar-refractivity contribution in [1.29, 1.82) is 0 Å². The quantitative estimate of drug-likeness (QED) is 0.658. The number of hydrogen-bond acceptors (Lipinski definition) is 8. The smallest absolute Gasteiger partial charge is 0.206 e. The summed E-state index contributed by atoms with van der Waals surface area (Å²) in [6.07, 6.45) is -0.996. The number of benzene rings is 2. The topological polar surface area (TPSA) is 104 Å². The Morgan fingerprint density at radius 1 is 1.17 bits per heavy atom. The minimum Gasteiger partial charge on any atom is -0.493 e. The minimum atomic E-state index is -1.97. The van der Waals surface area contributed by atoms with Gasteiger partial charge in [0, 0.05) is 18.6 Å². The lowest BCUT2D eigenvalue weighted by Crippen LogP contribution is -2.57. The zero-order valence-electron chi connectivity index (χ0n) is 16.5. The van der Waals surface area contributed by atoms with Crippen molar-refractivity contribution in [3.63, 3.8) is 0 Å². The van der Waals surface area contributed by atoms with Crippen molar-refractivity contribution in [2.24, 2.45) is 0 Å². The van der Waals surface area contributed by atoms with Crippen LogP contribution in [0.4, 0.5) is 0 Å². The first-order chi connectivity index (χ1) is 14.4. The Kier molecular flexibility index (Phi) is 3.85. The van der Waals surface area contributed by atoms with E-state index in [0.717, 1.165) is 0 Å². The van der Waals surface area contributed by atoms with Crippen LogP contribution >= 0.6 is 0 Å². The highest BCUT2D eigenvalue weighted by atomic mass is 16.6. The van der Waals surface area contributed by atoms with Gasteiger partial charge in [0.1, 0.15) is 23.7 Å². The van der Waals surface area contributed by atoms with Crippen molar-refractivity contribution >= 4 is 22.5 Å². The Hall–Kier alpha value is -3.52. The van der Waals surface area contributed by atoms with Gasteiger partial charge in [0.15, 0.2) is 34.7 Å². The molecule has 0 amide bonds. The van der Waals surface area contributed by atoms with Crippen molar-refractivity contribution in [3.8, 4) is 23.0 Å². The summed E-state index contributed by atoms with van der Waals surface area (Å²) in [7, 11) is 2.95. The average Bonchev–Trinajstić information content (AvgIpc) is 3.19. The highest BCUT2D eigenvalue weighted by molar-refractivity contribution is 6.11. The van der Waals surface area contributed by atoms with Gasteiger partial charge >= 0.3 is 0 Å². The number of fused-ring (bicyclic) bond motifs is 6. The molecule has 1 N–H and O–H groups in total. The van der Waals surface area contributed by atoms with Crippen molar-refractivity contribution in [2.45, 2.75) is 18.6 Å². The number of hydrogen-bond donors (Lipinski definition) is 1. The molecule has 0 radical (unpaired) electrons. The van der Waals surface area contributed by atoms with Crippen LogP contribution in [0, 0.1) is 0 Å². The van der Waals surface area contributed by atoms with E-state index in [4.69, 9.17) is 23.4 Å². The minimum absolute atomic E-state index is 0.0576. The van der Waals surface area contributed by atoms with Crippen molar-refractivity contribution in [2.75, 3.05) is 20.8 Å². The number of Topliss-reactive ketones (excluding diaryl/α,β-unsaturated/α-hetero) is 2. The Morgan fingerprint density at radius 2 is 1.90 bits per heavy atom. The molecule has 0 fully saturated rings. The predicted octanol–water partition coefficient (Wildman–Crippen LogP) is 2.88. The lowest BCUT2D eigenvalue weighted by atomic mass is 9.77. The van der Waals surface area contributed by atoms with E-state index in [9.17, 15) is 14.7 Å². The molecule has 154 valence electrons. The number of ketones is 2. The monoisotopic (exact) mass is 410 g/mol. The van der Waals surface area contributed by atoms with Crippen LogP contribution in [0.25, 0.3) is 11.0 Å². The SMILES string of the molecule is COc1cc2c(cc1OC)[C@]1(O)C(=O)c3ccc4oc(C(C)=O)cc4c3O[C@@H]1CO2. The maximum Gasteiger partial charge on any atom is 0.206 e. The molecule has 0 saturated carbocycles. The normalized spacial score (nSPS) is 21.7. The fourth-order valence-corrected chi connectivity index (χ4v) is 4.04. The maximum atomic E-state index is 13.5. The Labute approximate surface area is 170 Å². The highest BCUT2D eigenvalue weighted by Gasteiger charge is 2.56. The summed E-state index contributed by atoms with van der Waals surface area (Å²) in [6.45, 7) is 1.33. The van der Waals surface area contributed by atoms with Gasteiger partial charge in [-0.15, -0.1) is 0 Å². The second kappa shape index (κ2) is 6.24. The van der Waals surface area contributed by atoms with Crippen LogP contribution in [-0.4, -0.2) is 43.6 Å². The molecule has 3 heterocycles. The summed E-state index contributed by atoms with van der Waals surface area (Å²) in [5, 5.41) is 12.1. The van der Waals surface area contributed by atoms with E-state index in [2.05, 4.69) is 0 Å². The highest BCUT2D eigenvalue weighted by Crippen LogP contribution is 2.50. The molecule has 1 aromatic heterocycles. The summed E-state index contributed by atoms with van der Waals surface area (Å²) >= 11 is 0. The van der Waals surface area contributed by atoms with Crippen LogP contribution in [0.5, 0.6) is 23.0 Å². The second-order valence-electron chi connectivity index (χ2n) is 7.24. The zero-order valence-corrected chi connectivity index (χ0v) is 16.5. The third kappa shape index (κ3) is 2.31. The molecule has 0 aliphatic carbocycles. The lowest BCUT2D eigenvalue weighted by molar-refractivity contribution is -0.0793.